The highest BCUT2D eigenvalue weighted by Crippen LogP contribution is 2.41. The summed E-state index contributed by atoms with van der Waals surface area (Å²) in [4.78, 5) is 6.75. The summed E-state index contributed by atoms with van der Waals surface area (Å²) in [5.41, 5.74) is 8.48. The van der Waals surface area contributed by atoms with E-state index < -0.39 is 0 Å². The zero-order valence-corrected chi connectivity index (χ0v) is 12.3. The first-order valence-electron chi connectivity index (χ1n) is 7.37. The number of nitrogens with two attached hydrogens (primary N) is 1. The molecular weight excluding hydrogens is 250 g/mol. The summed E-state index contributed by atoms with van der Waals surface area (Å²) in [6, 6.07) is 8.48. The van der Waals surface area contributed by atoms with Crippen LogP contribution in [0.1, 0.15) is 31.2 Å². The molecule has 0 amide bonds. The number of hydrogen-bond acceptors (Lipinski definition) is 4. The van der Waals surface area contributed by atoms with Crippen molar-refractivity contribution >= 4 is 11.6 Å². The monoisotopic (exact) mass is 273 g/mol. The molecule has 0 saturated heterocycles. The lowest BCUT2D eigenvalue weighted by molar-refractivity contribution is 0.0144. The third-order valence-electron chi connectivity index (χ3n) is 4.66. The number of methoxy groups -OCH3 is 1. The number of anilines is 1. The molecule has 2 aliphatic rings. The van der Waals surface area contributed by atoms with Gasteiger partial charge in [0.25, 0.3) is 0 Å². The fraction of sp³-hybridized carbons (Fsp3) is 0.562. The highest BCUT2D eigenvalue weighted by Gasteiger charge is 2.50. The van der Waals surface area contributed by atoms with Gasteiger partial charge in [-0.1, -0.05) is 25.0 Å². The van der Waals surface area contributed by atoms with Gasteiger partial charge in [0.15, 0.2) is 5.96 Å². The lowest BCUT2D eigenvalue weighted by Crippen LogP contribution is -2.61. The molecule has 108 valence electrons. The zero-order chi connectivity index (χ0) is 14.2. The molecule has 1 spiro atoms. The molecule has 0 aromatic heterocycles. The van der Waals surface area contributed by atoms with Gasteiger partial charge in [-0.05, 0) is 37.5 Å². The molecule has 1 aliphatic carbocycles. The van der Waals surface area contributed by atoms with Gasteiger partial charge in [-0.25, -0.2) is 0 Å². The van der Waals surface area contributed by atoms with Crippen molar-refractivity contribution < 1.29 is 4.74 Å². The number of guanidine groups is 1. The average molecular weight is 273 g/mol. The lowest BCUT2D eigenvalue weighted by atomic mass is 9.78. The number of benzene rings is 1. The molecule has 4 nitrogen and oxygen atoms in total. The van der Waals surface area contributed by atoms with E-state index in [9.17, 15) is 0 Å². The molecular formula is C16H23N3O. The van der Waals surface area contributed by atoms with Crippen molar-refractivity contribution in [3.05, 3.63) is 29.8 Å². The van der Waals surface area contributed by atoms with Crippen molar-refractivity contribution in [1.82, 2.24) is 0 Å². The molecule has 1 aromatic rings. The fourth-order valence-corrected chi connectivity index (χ4v) is 3.71. The van der Waals surface area contributed by atoms with E-state index in [1.807, 2.05) is 0 Å². The smallest absolute Gasteiger partial charge is 0.196 e. The SMILES string of the molecule is COC1CCCCC12CN=C(N)N2c1cccc(C)c1. The van der Waals surface area contributed by atoms with E-state index >= 15 is 0 Å². The van der Waals surface area contributed by atoms with E-state index in [0.717, 1.165) is 25.1 Å². The van der Waals surface area contributed by atoms with Crippen molar-refractivity contribution in [3.63, 3.8) is 0 Å². The summed E-state index contributed by atoms with van der Waals surface area (Å²) in [7, 11) is 1.81. The largest absolute Gasteiger partial charge is 0.379 e. The van der Waals surface area contributed by atoms with Gasteiger partial charge in [-0.3, -0.25) is 4.99 Å². The number of hydrogen-bond donors (Lipinski definition) is 1. The number of nitrogens with zero attached hydrogens (tertiary/aromatic N) is 2. The predicted molar refractivity (Wildman–Crippen MR) is 82.1 cm³/mol. The zero-order valence-electron chi connectivity index (χ0n) is 12.3. The second kappa shape index (κ2) is 5.09. The Balaban J connectivity index is 2.03. The van der Waals surface area contributed by atoms with Crippen LogP contribution in [0.2, 0.25) is 0 Å². The second-order valence-electron chi connectivity index (χ2n) is 5.92. The lowest BCUT2D eigenvalue weighted by Gasteiger charge is -2.46. The van der Waals surface area contributed by atoms with Gasteiger partial charge >= 0.3 is 0 Å². The first kappa shape index (κ1) is 13.4. The summed E-state index contributed by atoms with van der Waals surface area (Å²) in [5.74, 6) is 0.625. The third-order valence-corrected chi connectivity index (χ3v) is 4.66. The fourth-order valence-electron chi connectivity index (χ4n) is 3.71. The molecule has 4 heteroatoms. The highest BCUT2D eigenvalue weighted by atomic mass is 16.5. The maximum Gasteiger partial charge on any atom is 0.196 e. The Bertz CT molecular complexity index is 528. The van der Waals surface area contributed by atoms with Crippen LogP contribution >= 0.6 is 0 Å². The van der Waals surface area contributed by atoms with Crippen LogP contribution in [-0.4, -0.2) is 31.3 Å². The van der Waals surface area contributed by atoms with Gasteiger partial charge in [0.1, 0.15) is 0 Å². The number of aryl methyl sites for hydroxylation is 1. The predicted octanol–water partition coefficient (Wildman–Crippen LogP) is 2.46. The van der Waals surface area contributed by atoms with Crippen LogP contribution < -0.4 is 10.6 Å². The summed E-state index contributed by atoms with van der Waals surface area (Å²) >= 11 is 0. The maximum atomic E-state index is 6.20. The van der Waals surface area contributed by atoms with Crippen LogP contribution in [0.5, 0.6) is 0 Å². The summed E-state index contributed by atoms with van der Waals surface area (Å²) in [6.07, 6.45) is 4.81. The molecule has 2 atom stereocenters. The van der Waals surface area contributed by atoms with E-state index in [1.54, 1.807) is 7.11 Å². The highest BCUT2D eigenvalue weighted by molar-refractivity contribution is 5.98. The van der Waals surface area contributed by atoms with Crippen LogP contribution in [-0.2, 0) is 4.74 Å². The van der Waals surface area contributed by atoms with Gasteiger partial charge in [0, 0.05) is 12.8 Å². The minimum absolute atomic E-state index is 0.0924. The molecule has 0 bridgehead atoms. The first-order valence-corrected chi connectivity index (χ1v) is 7.37. The number of ether oxygens (including phenoxy) is 1. The van der Waals surface area contributed by atoms with Crippen molar-refractivity contribution in [2.24, 2.45) is 10.7 Å². The quantitative estimate of drug-likeness (QED) is 0.900. The number of aliphatic imine (C=N–C) groups is 1. The molecule has 2 N–H and O–H groups in total. The van der Waals surface area contributed by atoms with Gasteiger partial charge < -0.3 is 15.4 Å². The molecule has 1 aromatic carbocycles. The van der Waals surface area contributed by atoms with Crippen molar-refractivity contribution in [2.45, 2.75) is 44.2 Å². The normalized spacial score (nSPS) is 29.8. The Morgan fingerprint density at radius 1 is 1.40 bits per heavy atom. The first-order chi connectivity index (χ1) is 9.67. The van der Waals surface area contributed by atoms with E-state index in [2.05, 4.69) is 41.1 Å². The molecule has 1 fully saturated rings. The minimum Gasteiger partial charge on any atom is -0.379 e. The number of rotatable bonds is 2. The molecule has 2 unspecified atom stereocenters. The van der Waals surface area contributed by atoms with Crippen molar-refractivity contribution in [3.8, 4) is 0 Å². The second-order valence-corrected chi connectivity index (χ2v) is 5.92. The van der Waals surface area contributed by atoms with Crippen LogP contribution in [0.25, 0.3) is 0 Å². The van der Waals surface area contributed by atoms with Gasteiger partial charge in [-0.2, -0.15) is 0 Å². The summed E-state index contributed by atoms with van der Waals surface area (Å²) in [6.45, 7) is 2.85. The van der Waals surface area contributed by atoms with Gasteiger partial charge in [0.2, 0.25) is 0 Å². The van der Waals surface area contributed by atoms with Crippen LogP contribution in [0.3, 0.4) is 0 Å². The Morgan fingerprint density at radius 2 is 2.25 bits per heavy atom. The van der Waals surface area contributed by atoms with E-state index in [1.165, 1.54) is 18.4 Å². The average Bonchev–Trinajstić information content (AvgIpc) is 2.77. The van der Waals surface area contributed by atoms with E-state index in [4.69, 9.17) is 10.5 Å². The van der Waals surface area contributed by atoms with Crippen LogP contribution in [0, 0.1) is 6.92 Å². The van der Waals surface area contributed by atoms with Gasteiger partial charge in [0.05, 0.1) is 18.2 Å². The van der Waals surface area contributed by atoms with E-state index in [-0.39, 0.29) is 11.6 Å². The molecule has 1 heterocycles. The minimum atomic E-state index is -0.0924. The standard InChI is InChI=1S/C16H23N3O/c1-12-6-5-7-13(10-12)19-15(17)18-11-16(19)9-4-3-8-14(16)20-2/h5-7,10,14H,3-4,8-9,11H2,1-2H3,(H2,17,18). The third kappa shape index (κ3) is 1.99. The van der Waals surface area contributed by atoms with Gasteiger partial charge in [-0.15, -0.1) is 0 Å². The molecule has 1 saturated carbocycles. The summed E-state index contributed by atoms with van der Waals surface area (Å²) < 4.78 is 5.79. The maximum absolute atomic E-state index is 6.20. The van der Waals surface area contributed by atoms with Crippen LogP contribution in [0.15, 0.2) is 29.3 Å². The Hall–Kier alpha value is -1.55. The Labute approximate surface area is 120 Å². The summed E-state index contributed by atoms with van der Waals surface area (Å²) in [5, 5.41) is 0. The topological polar surface area (TPSA) is 50.9 Å². The molecule has 1 aliphatic heterocycles. The van der Waals surface area contributed by atoms with E-state index in [0.29, 0.717) is 5.96 Å². The molecule has 3 rings (SSSR count). The Morgan fingerprint density at radius 3 is 3.00 bits per heavy atom. The molecule has 20 heavy (non-hydrogen) atoms. The van der Waals surface area contributed by atoms with Crippen molar-refractivity contribution in [2.75, 3.05) is 18.6 Å². The molecule has 0 radical (unpaired) electrons. The van der Waals surface area contributed by atoms with Crippen LogP contribution in [0.4, 0.5) is 5.69 Å². The Kier molecular flexibility index (Phi) is 3.42. The van der Waals surface area contributed by atoms with Crippen molar-refractivity contribution in [1.29, 1.82) is 0 Å².